The largest absolute Gasteiger partial charge is 0.490 e. The molecule has 2 rings (SSSR count). The van der Waals surface area contributed by atoms with Crippen molar-refractivity contribution in [2.75, 3.05) is 6.61 Å². The Morgan fingerprint density at radius 2 is 1.90 bits per heavy atom. The van der Waals surface area contributed by atoms with Crippen LogP contribution in [-0.4, -0.2) is 18.2 Å². The molecule has 1 aliphatic carbocycles. The van der Waals surface area contributed by atoms with Gasteiger partial charge in [0.15, 0.2) is 0 Å². The van der Waals surface area contributed by atoms with Crippen molar-refractivity contribution >= 4 is 0 Å². The van der Waals surface area contributed by atoms with E-state index >= 15 is 0 Å². The Morgan fingerprint density at radius 3 is 2.43 bits per heavy atom. The first kappa shape index (κ1) is 15.9. The predicted octanol–water partition coefficient (Wildman–Crippen LogP) is 3.66. The van der Waals surface area contributed by atoms with E-state index in [4.69, 9.17) is 4.74 Å². The predicted molar refractivity (Wildman–Crippen MR) is 85.5 cm³/mol. The zero-order valence-electron chi connectivity index (χ0n) is 13.8. The molecule has 0 spiro atoms. The molecule has 0 amide bonds. The molecule has 1 saturated carbocycles. The van der Waals surface area contributed by atoms with E-state index in [1.165, 1.54) is 11.1 Å². The summed E-state index contributed by atoms with van der Waals surface area (Å²) in [7, 11) is 0. The molecule has 1 fully saturated rings. The average molecular weight is 286 g/mol. The summed E-state index contributed by atoms with van der Waals surface area (Å²) < 4.78 is 6.12. The number of aryl methyl sites for hydroxylation is 2. The van der Waals surface area contributed by atoms with Crippen molar-refractivity contribution in [3.05, 3.63) is 28.8 Å². The molecule has 0 bridgehead atoms. The van der Waals surface area contributed by atoms with Gasteiger partial charge in [0, 0.05) is 6.04 Å². The van der Waals surface area contributed by atoms with Gasteiger partial charge < -0.3 is 4.74 Å². The summed E-state index contributed by atoms with van der Waals surface area (Å²) in [6, 6.07) is 6.96. The first-order valence-electron chi connectivity index (χ1n) is 7.78. The van der Waals surface area contributed by atoms with E-state index < -0.39 is 5.54 Å². The van der Waals surface area contributed by atoms with Crippen LogP contribution in [-0.2, 0) is 0 Å². The van der Waals surface area contributed by atoms with Gasteiger partial charge in [-0.3, -0.25) is 5.32 Å². The lowest BCUT2D eigenvalue weighted by atomic mass is 9.95. The number of hydrogen-bond acceptors (Lipinski definition) is 3. The normalized spacial score (nSPS) is 17.4. The topological polar surface area (TPSA) is 45.0 Å². The van der Waals surface area contributed by atoms with Crippen LogP contribution in [0.4, 0.5) is 0 Å². The van der Waals surface area contributed by atoms with Crippen LogP contribution < -0.4 is 10.1 Å². The number of ether oxygens (including phenoxy) is 1. The average Bonchev–Trinajstić information content (AvgIpc) is 3.26. The molecule has 1 aliphatic rings. The van der Waals surface area contributed by atoms with Crippen molar-refractivity contribution in [2.24, 2.45) is 5.92 Å². The van der Waals surface area contributed by atoms with Gasteiger partial charge in [-0.05, 0) is 70.1 Å². The molecule has 0 heterocycles. The highest BCUT2D eigenvalue weighted by atomic mass is 16.5. The molecule has 3 nitrogen and oxygen atoms in total. The van der Waals surface area contributed by atoms with E-state index in [0.717, 1.165) is 24.2 Å². The Hall–Kier alpha value is -1.53. The highest BCUT2D eigenvalue weighted by molar-refractivity contribution is 5.44. The fourth-order valence-electron chi connectivity index (χ4n) is 2.86. The highest BCUT2D eigenvalue weighted by Crippen LogP contribution is 2.40. The van der Waals surface area contributed by atoms with Crippen LogP contribution in [0.25, 0.3) is 0 Å². The fourth-order valence-corrected chi connectivity index (χ4v) is 2.86. The van der Waals surface area contributed by atoms with Crippen LogP contribution in [0.1, 0.15) is 43.4 Å². The third-order valence-corrected chi connectivity index (χ3v) is 4.34. The Kier molecular flexibility index (Phi) is 4.58. The maximum absolute atomic E-state index is 9.71. The Labute approximate surface area is 128 Å². The van der Waals surface area contributed by atoms with Crippen molar-refractivity contribution in [2.45, 2.75) is 59.0 Å². The second-order valence-electron chi connectivity index (χ2n) is 6.60. The molecular weight excluding hydrogens is 260 g/mol. The van der Waals surface area contributed by atoms with Gasteiger partial charge in [0.05, 0.1) is 6.07 Å². The van der Waals surface area contributed by atoms with E-state index in [1.54, 1.807) is 0 Å². The zero-order valence-corrected chi connectivity index (χ0v) is 13.8. The van der Waals surface area contributed by atoms with Crippen molar-refractivity contribution in [3.63, 3.8) is 0 Å². The van der Waals surface area contributed by atoms with E-state index in [1.807, 2.05) is 0 Å². The summed E-state index contributed by atoms with van der Waals surface area (Å²) >= 11 is 0. The minimum Gasteiger partial charge on any atom is -0.490 e. The number of nitrogens with one attached hydrogen (secondary N) is 1. The lowest BCUT2D eigenvalue weighted by molar-refractivity contribution is 0.191. The molecule has 1 aromatic rings. The van der Waals surface area contributed by atoms with Crippen LogP contribution in [0, 0.1) is 38.0 Å². The van der Waals surface area contributed by atoms with Crippen LogP contribution in [0.5, 0.6) is 5.75 Å². The molecule has 3 heteroatoms. The van der Waals surface area contributed by atoms with E-state index in [0.29, 0.717) is 12.5 Å². The standard InChI is InChI=1S/C18H26N2O/c1-12(2)20-18(10-19,16-8-9-16)11-21-17-14(4)7-6-13(3)15(17)5/h6-7,12,16,20H,8-9,11H2,1-5H3. The van der Waals surface area contributed by atoms with Crippen molar-refractivity contribution in [1.82, 2.24) is 5.32 Å². The van der Waals surface area contributed by atoms with Crippen LogP contribution in [0.15, 0.2) is 12.1 Å². The second kappa shape index (κ2) is 6.07. The van der Waals surface area contributed by atoms with Crippen LogP contribution in [0.2, 0.25) is 0 Å². The number of rotatable bonds is 6. The summed E-state index contributed by atoms with van der Waals surface area (Å²) in [6.07, 6.45) is 2.23. The summed E-state index contributed by atoms with van der Waals surface area (Å²) in [5.41, 5.74) is 2.96. The van der Waals surface area contributed by atoms with Crippen molar-refractivity contribution in [3.8, 4) is 11.8 Å². The number of benzene rings is 1. The SMILES string of the molecule is Cc1ccc(C)c(OCC(C#N)(NC(C)C)C2CC2)c1C. The lowest BCUT2D eigenvalue weighted by Crippen LogP contribution is -2.53. The Bertz CT molecular complexity index is 555. The van der Waals surface area contributed by atoms with Gasteiger partial charge in [-0.15, -0.1) is 0 Å². The summed E-state index contributed by atoms with van der Waals surface area (Å²) in [5, 5.41) is 13.2. The van der Waals surface area contributed by atoms with Gasteiger partial charge in [0.2, 0.25) is 0 Å². The van der Waals surface area contributed by atoms with Gasteiger partial charge in [-0.25, -0.2) is 0 Å². The van der Waals surface area contributed by atoms with Gasteiger partial charge in [-0.1, -0.05) is 12.1 Å². The Balaban J connectivity index is 2.20. The third-order valence-electron chi connectivity index (χ3n) is 4.34. The van der Waals surface area contributed by atoms with E-state index in [-0.39, 0.29) is 6.04 Å². The van der Waals surface area contributed by atoms with Crippen molar-refractivity contribution < 1.29 is 4.74 Å². The minimum absolute atomic E-state index is 0.272. The molecule has 114 valence electrons. The van der Waals surface area contributed by atoms with Gasteiger partial charge in [0.25, 0.3) is 0 Å². The highest BCUT2D eigenvalue weighted by Gasteiger charge is 2.47. The molecule has 1 atom stereocenters. The number of nitriles is 1. The summed E-state index contributed by atoms with van der Waals surface area (Å²) in [4.78, 5) is 0. The van der Waals surface area contributed by atoms with Gasteiger partial charge >= 0.3 is 0 Å². The maximum atomic E-state index is 9.71. The first-order valence-corrected chi connectivity index (χ1v) is 7.78. The molecule has 1 N–H and O–H groups in total. The van der Waals surface area contributed by atoms with E-state index in [2.05, 4.69) is 58.1 Å². The fraction of sp³-hybridized carbons (Fsp3) is 0.611. The minimum atomic E-state index is -0.559. The third kappa shape index (κ3) is 3.39. The monoisotopic (exact) mass is 286 g/mol. The molecule has 1 unspecified atom stereocenters. The molecule has 0 radical (unpaired) electrons. The number of nitrogens with zero attached hydrogens (tertiary/aromatic N) is 1. The summed E-state index contributed by atoms with van der Waals surface area (Å²) in [5.74, 6) is 1.34. The van der Waals surface area contributed by atoms with Crippen molar-refractivity contribution in [1.29, 1.82) is 5.26 Å². The van der Waals surface area contributed by atoms with E-state index in [9.17, 15) is 5.26 Å². The quantitative estimate of drug-likeness (QED) is 0.868. The lowest BCUT2D eigenvalue weighted by Gasteiger charge is -2.31. The first-order chi connectivity index (χ1) is 9.89. The molecule has 0 saturated heterocycles. The van der Waals surface area contributed by atoms with Crippen LogP contribution in [0.3, 0.4) is 0 Å². The molecule has 0 aliphatic heterocycles. The van der Waals surface area contributed by atoms with Crippen LogP contribution >= 0.6 is 0 Å². The molecular formula is C18H26N2O. The molecule has 0 aromatic heterocycles. The summed E-state index contributed by atoms with van der Waals surface area (Å²) in [6.45, 7) is 10.8. The smallest absolute Gasteiger partial charge is 0.144 e. The maximum Gasteiger partial charge on any atom is 0.144 e. The Morgan fingerprint density at radius 1 is 1.29 bits per heavy atom. The van der Waals surface area contributed by atoms with Gasteiger partial charge in [-0.2, -0.15) is 5.26 Å². The zero-order chi connectivity index (χ0) is 15.6. The molecule has 21 heavy (non-hydrogen) atoms. The van der Waals surface area contributed by atoms with Gasteiger partial charge in [0.1, 0.15) is 17.9 Å². The molecule has 1 aromatic carbocycles. The second-order valence-corrected chi connectivity index (χ2v) is 6.60. The number of hydrogen-bond donors (Lipinski definition) is 1.